The zero-order valence-electron chi connectivity index (χ0n) is 12.3. The summed E-state index contributed by atoms with van der Waals surface area (Å²) >= 11 is 0. The van der Waals surface area contributed by atoms with Crippen LogP contribution in [0.3, 0.4) is 0 Å². The summed E-state index contributed by atoms with van der Waals surface area (Å²) in [4.78, 5) is 22.2. The Kier molecular flexibility index (Phi) is 9.85. The molecule has 0 fully saturated rings. The molecule has 4 nitrogen and oxygen atoms in total. The van der Waals surface area contributed by atoms with Crippen LogP contribution in [0.5, 0.6) is 0 Å². The predicted octanol–water partition coefficient (Wildman–Crippen LogP) is -4.26. The molecule has 1 aromatic rings. The molecule has 0 aliphatic carbocycles. The van der Waals surface area contributed by atoms with Crippen molar-refractivity contribution in [3.05, 3.63) is 35.9 Å². The largest absolute Gasteiger partial charge is 1.00 e. The van der Waals surface area contributed by atoms with E-state index in [4.69, 9.17) is 10.2 Å². The van der Waals surface area contributed by atoms with Crippen molar-refractivity contribution < 1.29 is 92.9 Å². The smallest absolute Gasteiger partial charge is 1.00 e. The first kappa shape index (κ1) is 19.7. The van der Waals surface area contributed by atoms with Crippen LogP contribution in [-0.4, -0.2) is 22.2 Å². The van der Waals surface area contributed by atoms with Crippen LogP contribution < -0.4 is 70.2 Å². The third kappa shape index (κ3) is 3.93. The van der Waals surface area contributed by atoms with Crippen LogP contribution in [0.4, 0.5) is 0 Å². The van der Waals surface area contributed by atoms with E-state index in [0.717, 1.165) is 0 Å². The van der Waals surface area contributed by atoms with Crippen LogP contribution >= 0.6 is 0 Å². The van der Waals surface area contributed by atoms with Gasteiger partial charge in [0.25, 0.3) is 0 Å². The zero-order chi connectivity index (χ0) is 11.5. The molecular weight excluding hydrogens is 242 g/mol. The summed E-state index contributed by atoms with van der Waals surface area (Å²) in [6.07, 6.45) is 0.0156. The standard InChI is InChI=1S/C11H12O4.K.Li.2H/c1-2-11(9(12)13,10(14)15)8-6-4-3-5-7-8;;;;/h3-7H,2H2,1H3,(H,12,13)(H,14,15);;;;/q;2*+1;2*-1. The summed E-state index contributed by atoms with van der Waals surface area (Å²) < 4.78 is 0. The Hall–Kier alpha value is 0.394. The van der Waals surface area contributed by atoms with Crippen molar-refractivity contribution in [3.8, 4) is 0 Å². The van der Waals surface area contributed by atoms with Gasteiger partial charge in [-0.05, 0) is 12.0 Å². The number of carboxylic acids is 2. The molecule has 1 rings (SSSR count). The molecule has 0 aliphatic heterocycles. The van der Waals surface area contributed by atoms with E-state index >= 15 is 0 Å². The topological polar surface area (TPSA) is 74.6 Å². The molecule has 0 spiro atoms. The van der Waals surface area contributed by atoms with E-state index in [1.807, 2.05) is 0 Å². The minimum Gasteiger partial charge on any atom is -1.00 e. The van der Waals surface area contributed by atoms with E-state index in [9.17, 15) is 9.59 Å². The van der Waals surface area contributed by atoms with Gasteiger partial charge in [-0.3, -0.25) is 9.59 Å². The minimum atomic E-state index is -1.83. The van der Waals surface area contributed by atoms with E-state index in [0.29, 0.717) is 5.56 Å². The second-order valence-corrected chi connectivity index (χ2v) is 3.24. The number of hydrogen-bond donors (Lipinski definition) is 2. The molecule has 17 heavy (non-hydrogen) atoms. The summed E-state index contributed by atoms with van der Waals surface area (Å²) in [6.45, 7) is 1.55. The van der Waals surface area contributed by atoms with Crippen LogP contribution in [0, 0.1) is 0 Å². The number of rotatable bonds is 4. The van der Waals surface area contributed by atoms with E-state index < -0.39 is 17.4 Å². The Bertz CT molecular complexity index is 376. The average Bonchev–Trinajstić information content (AvgIpc) is 2.20. The van der Waals surface area contributed by atoms with Crippen LogP contribution in [0.2, 0.25) is 0 Å². The molecule has 0 saturated heterocycles. The SMILES string of the molecule is CCC(C(=O)O)(C(=O)O)c1ccccc1.[H-].[H-].[K+].[Li+]. The van der Waals surface area contributed by atoms with Crippen molar-refractivity contribution in [1.82, 2.24) is 0 Å². The van der Waals surface area contributed by atoms with Crippen molar-refractivity contribution in [3.63, 3.8) is 0 Å². The first-order valence-electron chi connectivity index (χ1n) is 4.58. The van der Waals surface area contributed by atoms with E-state index in [2.05, 4.69) is 0 Å². The number of aliphatic carboxylic acids is 2. The van der Waals surface area contributed by atoms with Gasteiger partial charge in [-0.25, -0.2) is 0 Å². The molecule has 0 bridgehead atoms. The zero-order valence-corrected chi connectivity index (χ0v) is 13.4. The molecule has 0 radical (unpaired) electrons. The van der Waals surface area contributed by atoms with E-state index in [1.165, 1.54) is 12.1 Å². The number of carboxylic acid groups (broad SMARTS) is 2. The normalized spacial score (nSPS) is 9.71. The van der Waals surface area contributed by atoms with Crippen LogP contribution in [0.15, 0.2) is 30.3 Å². The predicted molar refractivity (Wildman–Crippen MR) is 55.9 cm³/mol. The molecule has 0 aliphatic rings. The van der Waals surface area contributed by atoms with Gasteiger partial charge in [0.15, 0.2) is 5.41 Å². The molecule has 0 atom stereocenters. The molecule has 0 unspecified atom stereocenters. The van der Waals surface area contributed by atoms with Crippen molar-refractivity contribution in [1.29, 1.82) is 0 Å². The fourth-order valence-corrected chi connectivity index (χ4v) is 1.57. The van der Waals surface area contributed by atoms with Gasteiger partial charge in [0.2, 0.25) is 0 Å². The Morgan fingerprint density at radius 2 is 1.59 bits per heavy atom. The van der Waals surface area contributed by atoms with Gasteiger partial charge in [-0.2, -0.15) is 0 Å². The maximum Gasteiger partial charge on any atom is 1.00 e. The van der Waals surface area contributed by atoms with E-state index in [1.54, 1.807) is 25.1 Å². The quantitative estimate of drug-likeness (QED) is 0.422. The summed E-state index contributed by atoms with van der Waals surface area (Å²) in [7, 11) is 0. The molecule has 0 saturated carbocycles. The Balaban J connectivity index is -0.000000281. The summed E-state index contributed by atoms with van der Waals surface area (Å²) in [6, 6.07) is 8.02. The third-order valence-corrected chi connectivity index (χ3v) is 2.53. The number of carbonyl (C=O) groups is 2. The Labute approximate surface area is 157 Å². The Morgan fingerprint density at radius 1 is 1.18 bits per heavy atom. The van der Waals surface area contributed by atoms with Gasteiger partial charge >= 0.3 is 82.2 Å². The molecule has 2 N–H and O–H groups in total. The van der Waals surface area contributed by atoms with Gasteiger partial charge in [-0.1, -0.05) is 37.3 Å². The minimum absolute atomic E-state index is 0. The van der Waals surface area contributed by atoms with Crippen molar-refractivity contribution in [2.24, 2.45) is 0 Å². The fourth-order valence-electron chi connectivity index (χ4n) is 1.57. The van der Waals surface area contributed by atoms with Gasteiger partial charge in [0.1, 0.15) is 0 Å². The van der Waals surface area contributed by atoms with Crippen molar-refractivity contribution in [2.45, 2.75) is 18.8 Å². The molecule has 6 heteroatoms. The van der Waals surface area contributed by atoms with Crippen LogP contribution in [0.1, 0.15) is 21.8 Å². The molecule has 1 aromatic carbocycles. The van der Waals surface area contributed by atoms with Crippen LogP contribution in [-0.2, 0) is 15.0 Å². The maximum atomic E-state index is 11.1. The van der Waals surface area contributed by atoms with Gasteiger partial charge < -0.3 is 13.1 Å². The second kappa shape index (κ2) is 8.49. The molecule has 0 amide bonds. The first-order valence-corrected chi connectivity index (χ1v) is 4.58. The monoisotopic (exact) mass is 256 g/mol. The molecule has 0 heterocycles. The first-order chi connectivity index (χ1) is 7.05. The summed E-state index contributed by atoms with van der Waals surface area (Å²) in [5.74, 6) is -2.66. The second-order valence-electron chi connectivity index (χ2n) is 3.24. The third-order valence-electron chi connectivity index (χ3n) is 2.53. The van der Waals surface area contributed by atoms with Gasteiger partial charge in [0.05, 0.1) is 0 Å². The van der Waals surface area contributed by atoms with Gasteiger partial charge in [0, 0.05) is 0 Å². The Morgan fingerprint density at radius 3 is 1.88 bits per heavy atom. The summed E-state index contributed by atoms with van der Waals surface area (Å²) in [5.41, 5.74) is -1.53. The van der Waals surface area contributed by atoms with Crippen molar-refractivity contribution >= 4 is 11.9 Å². The molecule has 0 aromatic heterocycles. The van der Waals surface area contributed by atoms with E-state index in [-0.39, 0.29) is 79.5 Å². The van der Waals surface area contributed by atoms with Crippen LogP contribution in [0.25, 0.3) is 0 Å². The maximum absolute atomic E-state index is 11.1. The molecule has 84 valence electrons. The number of hydrogen-bond acceptors (Lipinski definition) is 2. The average molecular weight is 256 g/mol. The van der Waals surface area contributed by atoms with Gasteiger partial charge in [-0.15, -0.1) is 0 Å². The number of benzene rings is 1. The van der Waals surface area contributed by atoms with Crippen molar-refractivity contribution in [2.75, 3.05) is 0 Å². The summed E-state index contributed by atoms with van der Waals surface area (Å²) in [5, 5.41) is 18.1. The fraction of sp³-hybridized carbons (Fsp3) is 0.273. The molecular formula is C11H14KLiO4.